The lowest BCUT2D eigenvalue weighted by molar-refractivity contribution is -0.139. The molecular formula is C14H25NO4. The smallest absolute Gasteiger partial charge is 0.305 e. The second-order valence-electron chi connectivity index (χ2n) is 5.63. The molecule has 1 amide bonds. The fourth-order valence-electron chi connectivity index (χ4n) is 2.60. The lowest BCUT2D eigenvalue weighted by atomic mass is 9.93. The number of carbonyl (C=O) groups is 2. The van der Waals surface area contributed by atoms with E-state index < -0.39 is 11.5 Å². The minimum absolute atomic E-state index is 0.0290. The Labute approximate surface area is 114 Å². The Balaban J connectivity index is 2.33. The summed E-state index contributed by atoms with van der Waals surface area (Å²) in [5, 5.41) is 11.9. The molecule has 0 radical (unpaired) electrons. The third-order valence-corrected chi connectivity index (χ3v) is 3.45. The van der Waals surface area contributed by atoms with Crippen molar-refractivity contribution in [1.29, 1.82) is 0 Å². The van der Waals surface area contributed by atoms with Crippen LogP contribution in [0.4, 0.5) is 0 Å². The van der Waals surface area contributed by atoms with Gasteiger partial charge in [-0.05, 0) is 33.1 Å². The maximum absolute atomic E-state index is 11.9. The number of aliphatic carboxylic acids is 1. The van der Waals surface area contributed by atoms with E-state index in [1.807, 2.05) is 13.8 Å². The summed E-state index contributed by atoms with van der Waals surface area (Å²) in [5.74, 6) is -0.902. The summed E-state index contributed by atoms with van der Waals surface area (Å²) in [6.45, 7) is 4.48. The van der Waals surface area contributed by atoms with Gasteiger partial charge in [-0.2, -0.15) is 0 Å². The van der Waals surface area contributed by atoms with E-state index in [-0.39, 0.29) is 18.4 Å². The first-order valence-corrected chi connectivity index (χ1v) is 7.08. The van der Waals surface area contributed by atoms with Crippen LogP contribution in [0.1, 0.15) is 58.8 Å². The molecule has 0 aromatic carbocycles. The number of carboxylic acids is 1. The minimum atomic E-state index is -0.842. The van der Waals surface area contributed by atoms with E-state index in [0.717, 1.165) is 25.7 Å². The Morgan fingerprint density at radius 3 is 2.47 bits per heavy atom. The van der Waals surface area contributed by atoms with E-state index in [9.17, 15) is 9.59 Å². The molecule has 1 fully saturated rings. The van der Waals surface area contributed by atoms with Crippen molar-refractivity contribution < 1.29 is 19.4 Å². The zero-order chi connectivity index (χ0) is 14.3. The number of amides is 1. The van der Waals surface area contributed by atoms with Crippen LogP contribution in [0.2, 0.25) is 0 Å². The summed E-state index contributed by atoms with van der Waals surface area (Å²) < 4.78 is 5.38. The van der Waals surface area contributed by atoms with Gasteiger partial charge >= 0.3 is 5.97 Å². The molecule has 0 aromatic heterocycles. The highest BCUT2D eigenvalue weighted by atomic mass is 16.5. The maximum Gasteiger partial charge on any atom is 0.305 e. The van der Waals surface area contributed by atoms with Crippen molar-refractivity contribution in [1.82, 2.24) is 5.32 Å². The van der Waals surface area contributed by atoms with Crippen LogP contribution in [0.3, 0.4) is 0 Å². The van der Waals surface area contributed by atoms with Gasteiger partial charge < -0.3 is 15.2 Å². The molecule has 1 aliphatic carbocycles. The van der Waals surface area contributed by atoms with Gasteiger partial charge in [-0.3, -0.25) is 9.59 Å². The highest BCUT2D eigenvalue weighted by molar-refractivity contribution is 5.78. The Hall–Kier alpha value is -1.10. The first kappa shape index (κ1) is 16.0. The molecule has 0 aliphatic heterocycles. The molecule has 1 rings (SSSR count). The van der Waals surface area contributed by atoms with Gasteiger partial charge in [-0.1, -0.05) is 12.8 Å². The van der Waals surface area contributed by atoms with Crippen LogP contribution in [0.25, 0.3) is 0 Å². The standard InChI is InChI=1S/C14H25NO4/c1-11(2)19-9-5-6-12(16)15-14(10-13(17)18)7-3-4-8-14/h11H,3-10H2,1-2H3,(H,15,16)(H,17,18). The summed E-state index contributed by atoms with van der Waals surface area (Å²) in [7, 11) is 0. The molecule has 0 spiro atoms. The molecule has 1 saturated carbocycles. The summed E-state index contributed by atoms with van der Waals surface area (Å²) >= 11 is 0. The SMILES string of the molecule is CC(C)OCCCC(=O)NC1(CC(=O)O)CCCC1. The molecule has 2 N–H and O–H groups in total. The predicted molar refractivity (Wildman–Crippen MR) is 71.9 cm³/mol. The fourth-order valence-corrected chi connectivity index (χ4v) is 2.60. The second-order valence-corrected chi connectivity index (χ2v) is 5.63. The second kappa shape index (κ2) is 7.48. The average Bonchev–Trinajstić information content (AvgIpc) is 2.71. The van der Waals surface area contributed by atoms with Crippen LogP contribution in [-0.2, 0) is 14.3 Å². The molecule has 0 aromatic rings. The zero-order valence-electron chi connectivity index (χ0n) is 11.9. The predicted octanol–water partition coefficient (Wildman–Crippen LogP) is 2.10. The van der Waals surface area contributed by atoms with Gasteiger partial charge in [0.1, 0.15) is 0 Å². The van der Waals surface area contributed by atoms with Crippen LogP contribution in [0.15, 0.2) is 0 Å². The number of hydrogen-bond acceptors (Lipinski definition) is 3. The van der Waals surface area contributed by atoms with E-state index in [1.165, 1.54) is 0 Å². The molecule has 5 heteroatoms. The Bertz CT molecular complexity index is 309. The van der Waals surface area contributed by atoms with Crippen molar-refractivity contribution in [2.45, 2.75) is 70.4 Å². The molecule has 110 valence electrons. The van der Waals surface area contributed by atoms with Crippen LogP contribution >= 0.6 is 0 Å². The van der Waals surface area contributed by atoms with Gasteiger partial charge in [0.05, 0.1) is 18.1 Å². The zero-order valence-corrected chi connectivity index (χ0v) is 11.9. The van der Waals surface area contributed by atoms with Crippen LogP contribution in [0.5, 0.6) is 0 Å². The summed E-state index contributed by atoms with van der Waals surface area (Å²) in [4.78, 5) is 22.8. The Morgan fingerprint density at radius 1 is 1.32 bits per heavy atom. The molecule has 0 atom stereocenters. The largest absolute Gasteiger partial charge is 0.481 e. The van der Waals surface area contributed by atoms with Gasteiger partial charge in [0.2, 0.25) is 5.91 Å². The first-order chi connectivity index (χ1) is 8.93. The van der Waals surface area contributed by atoms with Crippen molar-refractivity contribution in [3.8, 4) is 0 Å². The van der Waals surface area contributed by atoms with Gasteiger partial charge in [-0.25, -0.2) is 0 Å². The van der Waals surface area contributed by atoms with E-state index in [0.29, 0.717) is 19.4 Å². The number of carboxylic acid groups (broad SMARTS) is 1. The van der Waals surface area contributed by atoms with Crippen molar-refractivity contribution in [2.24, 2.45) is 0 Å². The summed E-state index contributed by atoms with van der Waals surface area (Å²) in [6.07, 6.45) is 4.80. The number of ether oxygens (including phenoxy) is 1. The number of carbonyl (C=O) groups excluding carboxylic acids is 1. The van der Waals surface area contributed by atoms with E-state index >= 15 is 0 Å². The highest BCUT2D eigenvalue weighted by Gasteiger charge is 2.37. The topological polar surface area (TPSA) is 75.6 Å². The lowest BCUT2D eigenvalue weighted by Gasteiger charge is -2.28. The highest BCUT2D eigenvalue weighted by Crippen LogP contribution is 2.32. The lowest BCUT2D eigenvalue weighted by Crippen LogP contribution is -2.47. The van der Waals surface area contributed by atoms with Crippen LogP contribution < -0.4 is 5.32 Å². The Kier molecular flexibility index (Phi) is 6.28. The fraction of sp³-hybridized carbons (Fsp3) is 0.857. The molecule has 0 bridgehead atoms. The number of hydrogen-bond donors (Lipinski definition) is 2. The van der Waals surface area contributed by atoms with Gasteiger partial charge in [0.15, 0.2) is 0 Å². The molecular weight excluding hydrogens is 246 g/mol. The molecule has 0 saturated heterocycles. The van der Waals surface area contributed by atoms with Crippen molar-refractivity contribution in [3.05, 3.63) is 0 Å². The van der Waals surface area contributed by atoms with E-state index in [2.05, 4.69) is 5.32 Å². The normalized spacial score (nSPS) is 17.6. The molecule has 19 heavy (non-hydrogen) atoms. The third kappa shape index (κ3) is 6.05. The number of nitrogens with one attached hydrogen (secondary N) is 1. The molecule has 1 aliphatic rings. The molecule has 5 nitrogen and oxygen atoms in total. The van der Waals surface area contributed by atoms with E-state index in [4.69, 9.17) is 9.84 Å². The average molecular weight is 271 g/mol. The van der Waals surface area contributed by atoms with Crippen LogP contribution in [-0.4, -0.2) is 35.2 Å². The van der Waals surface area contributed by atoms with Gasteiger partial charge in [0.25, 0.3) is 0 Å². The van der Waals surface area contributed by atoms with E-state index in [1.54, 1.807) is 0 Å². The van der Waals surface area contributed by atoms with Gasteiger partial charge in [-0.15, -0.1) is 0 Å². The first-order valence-electron chi connectivity index (χ1n) is 7.08. The van der Waals surface area contributed by atoms with Gasteiger partial charge in [0, 0.05) is 13.0 Å². The monoisotopic (exact) mass is 271 g/mol. The van der Waals surface area contributed by atoms with Crippen molar-refractivity contribution in [2.75, 3.05) is 6.61 Å². The summed E-state index contributed by atoms with van der Waals surface area (Å²) in [5.41, 5.74) is -0.512. The minimum Gasteiger partial charge on any atom is -0.481 e. The van der Waals surface area contributed by atoms with Crippen LogP contribution in [0, 0.1) is 0 Å². The third-order valence-electron chi connectivity index (χ3n) is 3.45. The molecule has 0 unspecified atom stereocenters. The van der Waals surface area contributed by atoms with Crippen molar-refractivity contribution in [3.63, 3.8) is 0 Å². The van der Waals surface area contributed by atoms with Crippen molar-refractivity contribution >= 4 is 11.9 Å². The number of rotatable bonds is 8. The maximum atomic E-state index is 11.9. The quantitative estimate of drug-likeness (QED) is 0.663. The Morgan fingerprint density at radius 2 is 1.95 bits per heavy atom. The summed E-state index contributed by atoms with van der Waals surface area (Å²) in [6, 6.07) is 0. The molecule has 0 heterocycles.